The van der Waals surface area contributed by atoms with Gasteiger partial charge in [-0.1, -0.05) is 0 Å². The van der Waals surface area contributed by atoms with E-state index in [4.69, 9.17) is 0 Å². The number of nitrogens with zero attached hydrogens (tertiary/aromatic N) is 4. The Morgan fingerprint density at radius 1 is 0.731 bits per heavy atom. The van der Waals surface area contributed by atoms with Gasteiger partial charge in [0.1, 0.15) is 0 Å². The Balaban J connectivity index is 1.77. The molecule has 8 bridgehead atoms. The largest absolute Gasteiger partial charge is 0.350 e. The van der Waals surface area contributed by atoms with Gasteiger partial charge in [-0.3, -0.25) is 0 Å². The summed E-state index contributed by atoms with van der Waals surface area (Å²) in [6.07, 6.45) is 18.7. The Morgan fingerprint density at radius 2 is 1.38 bits per heavy atom. The Labute approximate surface area is 151 Å². The van der Waals surface area contributed by atoms with Crippen LogP contribution in [0, 0.1) is 0 Å². The minimum atomic E-state index is 0.927. The van der Waals surface area contributed by atoms with Gasteiger partial charge < -0.3 is 9.13 Å². The molecule has 0 unspecified atom stereocenters. The van der Waals surface area contributed by atoms with Gasteiger partial charge in [-0.15, -0.1) is 0 Å². The third-order valence-electron chi connectivity index (χ3n) is 4.83. The van der Waals surface area contributed by atoms with E-state index in [-0.39, 0.29) is 0 Å². The molecule has 3 aliphatic rings. The summed E-state index contributed by atoms with van der Waals surface area (Å²) in [6, 6.07) is 6.45. The number of hydrogen-bond acceptors (Lipinski definition) is 2. The van der Waals surface area contributed by atoms with E-state index in [9.17, 15) is 0 Å². The quantitative estimate of drug-likeness (QED) is 0.706. The predicted molar refractivity (Wildman–Crippen MR) is 107 cm³/mol. The summed E-state index contributed by atoms with van der Waals surface area (Å²) in [6.45, 7) is 0. The number of allylic oxidation sites excluding steroid dienone is 5. The van der Waals surface area contributed by atoms with Crippen molar-refractivity contribution in [2.45, 2.75) is 0 Å². The SMILES string of the molecule is Cn1cc2cc1/C=c1/cc/c(n1C)=C/C1=NC(=C\C3=NC(=C\2)/C=C3)/C=C1. The summed E-state index contributed by atoms with van der Waals surface area (Å²) in [5, 5.41) is 2.28. The van der Waals surface area contributed by atoms with E-state index in [1.807, 2.05) is 30.4 Å². The van der Waals surface area contributed by atoms with Crippen LogP contribution in [0.5, 0.6) is 0 Å². The number of hydrogen-bond donors (Lipinski definition) is 0. The zero-order valence-electron chi connectivity index (χ0n) is 14.7. The number of aryl methyl sites for hydroxylation is 1. The average Bonchev–Trinajstić information content (AvgIpc) is 3.36. The zero-order valence-corrected chi connectivity index (χ0v) is 14.7. The molecule has 5 rings (SSSR count). The first-order valence-electron chi connectivity index (χ1n) is 8.63. The number of fused-ring (bicyclic) bond motifs is 6. The van der Waals surface area contributed by atoms with Gasteiger partial charge >= 0.3 is 0 Å². The maximum absolute atomic E-state index is 4.68. The fraction of sp³-hybridized carbons (Fsp3) is 0.0909. The van der Waals surface area contributed by atoms with Crippen LogP contribution in [-0.4, -0.2) is 20.6 Å². The molecule has 0 amide bonds. The number of aromatic nitrogens is 2. The zero-order chi connectivity index (χ0) is 17.7. The second-order valence-corrected chi connectivity index (χ2v) is 6.72. The van der Waals surface area contributed by atoms with Crippen molar-refractivity contribution in [3.8, 4) is 0 Å². The summed E-state index contributed by atoms with van der Waals surface area (Å²) >= 11 is 0. The van der Waals surface area contributed by atoms with E-state index in [1.165, 1.54) is 0 Å². The van der Waals surface area contributed by atoms with Crippen LogP contribution in [0.25, 0.3) is 18.2 Å². The molecule has 0 atom stereocenters. The lowest BCUT2D eigenvalue weighted by Crippen LogP contribution is -2.24. The summed E-state index contributed by atoms with van der Waals surface area (Å²) < 4.78 is 4.32. The molecule has 0 fully saturated rings. The topological polar surface area (TPSA) is 34.6 Å². The van der Waals surface area contributed by atoms with E-state index in [2.05, 4.69) is 75.8 Å². The molecular formula is C22H18N4. The fourth-order valence-electron chi connectivity index (χ4n) is 3.40. The second-order valence-electron chi connectivity index (χ2n) is 6.72. The Morgan fingerprint density at radius 3 is 2.15 bits per heavy atom. The lowest BCUT2D eigenvalue weighted by Gasteiger charge is -1.97. The van der Waals surface area contributed by atoms with Crippen molar-refractivity contribution < 1.29 is 0 Å². The minimum Gasteiger partial charge on any atom is -0.350 e. The molecule has 5 heterocycles. The van der Waals surface area contributed by atoms with Crippen LogP contribution in [-0.2, 0) is 14.1 Å². The highest BCUT2D eigenvalue weighted by Crippen LogP contribution is 2.19. The molecule has 0 radical (unpaired) electrons. The Bertz CT molecular complexity index is 1230. The second kappa shape index (κ2) is 5.56. The Kier molecular flexibility index (Phi) is 3.19. The lowest BCUT2D eigenvalue weighted by atomic mass is 10.2. The minimum absolute atomic E-state index is 0.927. The molecule has 0 N–H and O–H groups in total. The van der Waals surface area contributed by atoms with Crippen molar-refractivity contribution in [3.63, 3.8) is 0 Å². The van der Waals surface area contributed by atoms with Crippen molar-refractivity contribution in [1.29, 1.82) is 0 Å². The van der Waals surface area contributed by atoms with Crippen molar-refractivity contribution in [1.82, 2.24) is 9.13 Å². The van der Waals surface area contributed by atoms with Gasteiger partial charge in [0.05, 0.1) is 22.8 Å². The summed E-state index contributed by atoms with van der Waals surface area (Å²) in [5.74, 6) is 0. The number of rotatable bonds is 0. The van der Waals surface area contributed by atoms with E-state index in [0.717, 1.165) is 44.8 Å². The highest BCUT2D eigenvalue weighted by molar-refractivity contribution is 6.19. The summed E-state index contributed by atoms with van der Waals surface area (Å²) in [5.41, 5.74) is 6.07. The first kappa shape index (κ1) is 14.9. The molecule has 0 spiro atoms. The molecule has 0 saturated carbocycles. The summed E-state index contributed by atoms with van der Waals surface area (Å²) in [7, 11) is 4.15. The predicted octanol–water partition coefficient (Wildman–Crippen LogP) is 2.23. The van der Waals surface area contributed by atoms with Gasteiger partial charge in [-0.05, 0) is 72.4 Å². The van der Waals surface area contributed by atoms with Crippen LogP contribution >= 0.6 is 0 Å². The molecule has 0 aliphatic carbocycles. The Hall–Kier alpha value is -3.40. The van der Waals surface area contributed by atoms with E-state index in [1.54, 1.807) is 0 Å². The van der Waals surface area contributed by atoms with Gasteiger partial charge in [0.15, 0.2) is 0 Å². The van der Waals surface area contributed by atoms with Gasteiger partial charge in [0, 0.05) is 36.7 Å². The highest BCUT2D eigenvalue weighted by atomic mass is 14.9. The van der Waals surface area contributed by atoms with Crippen LogP contribution in [0.1, 0.15) is 11.3 Å². The van der Waals surface area contributed by atoms with E-state index in [0.29, 0.717) is 0 Å². The highest BCUT2D eigenvalue weighted by Gasteiger charge is 2.08. The standard InChI is InChI=1S/C22H18N4/c1-25-14-15-9-16-3-4-17(23-16)11-18-5-6-19(24-18)12-20-7-8-21(26(20)2)13-22(25)10-15/h3-14H,1-2H3/b16-9-,18-11-,20-12-,21-13-. The maximum Gasteiger partial charge on any atom is 0.0659 e. The molecule has 4 heteroatoms. The monoisotopic (exact) mass is 338 g/mol. The van der Waals surface area contributed by atoms with Gasteiger partial charge in [0.2, 0.25) is 0 Å². The van der Waals surface area contributed by atoms with Gasteiger partial charge in [0.25, 0.3) is 0 Å². The molecular weight excluding hydrogens is 320 g/mol. The maximum atomic E-state index is 4.68. The van der Waals surface area contributed by atoms with E-state index < -0.39 is 0 Å². The molecule has 3 aliphatic heterocycles. The van der Waals surface area contributed by atoms with E-state index >= 15 is 0 Å². The number of aliphatic imine (C=N–C) groups is 2. The van der Waals surface area contributed by atoms with Gasteiger partial charge in [-0.25, -0.2) is 9.98 Å². The molecule has 2 aromatic heterocycles. The first-order chi connectivity index (χ1) is 12.6. The molecule has 2 aromatic rings. The summed E-state index contributed by atoms with van der Waals surface area (Å²) in [4.78, 5) is 9.36. The molecule has 0 aromatic carbocycles. The first-order valence-corrected chi connectivity index (χ1v) is 8.63. The van der Waals surface area contributed by atoms with Crippen LogP contribution in [0.3, 0.4) is 0 Å². The van der Waals surface area contributed by atoms with Gasteiger partial charge in [-0.2, -0.15) is 0 Å². The fourth-order valence-corrected chi connectivity index (χ4v) is 3.40. The normalized spacial score (nSPS) is 23.9. The molecule has 26 heavy (non-hydrogen) atoms. The molecule has 126 valence electrons. The van der Waals surface area contributed by atoms with Crippen molar-refractivity contribution in [2.75, 3.05) is 0 Å². The van der Waals surface area contributed by atoms with Crippen LogP contribution in [0.4, 0.5) is 0 Å². The van der Waals surface area contributed by atoms with Crippen molar-refractivity contribution in [2.24, 2.45) is 24.1 Å². The van der Waals surface area contributed by atoms with Crippen LogP contribution < -0.4 is 10.7 Å². The third-order valence-corrected chi connectivity index (χ3v) is 4.83. The third kappa shape index (κ3) is 2.56. The molecule has 4 nitrogen and oxygen atoms in total. The van der Waals surface area contributed by atoms with Crippen LogP contribution in [0.15, 0.2) is 76.2 Å². The lowest BCUT2D eigenvalue weighted by molar-refractivity contribution is 0.855. The van der Waals surface area contributed by atoms with Crippen molar-refractivity contribution in [3.05, 3.63) is 88.1 Å². The van der Waals surface area contributed by atoms with Crippen LogP contribution in [0.2, 0.25) is 0 Å². The van der Waals surface area contributed by atoms with Crippen molar-refractivity contribution >= 4 is 29.7 Å². The smallest absolute Gasteiger partial charge is 0.0659 e. The average molecular weight is 338 g/mol. The molecule has 0 saturated heterocycles.